The molecule has 6 unspecified atom stereocenters. The Morgan fingerprint density at radius 1 is 0.862 bits per heavy atom. The summed E-state index contributed by atoms with van der Waals surface area (Å²) in [6.07, 6.45) is -1.12. The third-order valence-electron chi connectivity index (χ3n) is 4.73. The molecule has 6 atom stereocenters. The molecule has 0 aromatic rings. The lowest BCUT2D eigenvalue weighted by molar-refractivity contribution is -0.145. The summed E-state index contributed by atoms with van der Waals surface area (Å²) < 4.78 is 0. The van der Waals surface area contributed by atoms with Gasteiger partial charge in [0.25, 0.3) is 0 Å². The van der Waals surface area contributed by atoms with Gasteiger partial charge in [-0.3, -0.25) is 14.4 Å². The highest BCUT2D eigenvalue weighted by atomic mass is 16.4. The standard InChI is InChI=1S/C18H32N4O7/c1-8(2)12(16(26)22-14(10(4)24)18(28)29)20-17(27)13(9(3)23)21-15(25)11-6-5-7-19-11/h8-14,19,23-24H,5-7H2,1-4H3,(H,20,27)(H,21,25)(H,22,26)(H,28,29). The fraction of sp³-hybridized carbons (Fsp3) is 0.778. The minimum absolute atomic E-state index is 0.422. The first-order valence-corrected chi connectivity index (χ1v) is 9.69. The molecule has 0 aromatic carbocycles. The summed E-state index contributed by atoms with van der Waals surface area (Å²) in [5.74, 6) is -3.84. The fourth-order valence-electron chi connectivity index (χ4n) is 2.98. The van der Waals surface area contributed by atoms with Crippen LogP contribution in [0.1, 0.15) is 40.5 Å². The van der Waals surface area contributed by atoms with E-state index in [4.69, 9.17) is 5.11 Å². The second-order valence-corrected chi connectivity index (χ2v) is 7.67. The second-order valence-electron chi connectivity index (χ2n) is 7.67. The summed E-state index contributed by atoms with van der Waals surface area (Å²) >= 11 is 0. The number of aliphatic hydroxyl groups excluding tert-OH is 2. The van der Waals surface area contributed by atoms with E-state index >= 15 is 0 Å². The van der Waals surface area contributed by atoms with Gasteiger partial charge in [-0.05, 0) is 39.2 Å². The topological polar surface area (TPSA) is 177 Å². The smallest absolute Gasteiger partial charge is 0.328 e. The largest absolute Gasteiger partial charge is 0.480 e. The van der Waals surface area contributed by atoms with Crippen LogP contribution in [0.15, 0.2) is 0 Å². The van der Waals surface area contributed by atoms with Gasteiger partial charge >= 0.3 is 5.97 Å². The summed E-state index contributed by atoms with van der Waals surface area (Å²) in [6, 6.07) is -4.41. The molecule has 0 aromatic heterocycles. The van der Waals surface area contributed by atoms with Crippen molar-refractivity contribution in [1.29, 1.82) is 0 Å². The molecule has 1 aliphatic rings. The Labute approximate surface area is 169 Å². The van der Waals surface area contributed by atoms with E-state index in [2.05, 4.69) is 21.3 Å². The van der Waals surface area contributed by atoms with Gasteiger partial charge in [-0.15, -0.1) is 0 Å². The van der Waals surface area contributed by atoms with Crippen molar-refractivity contribution in [3.8, 4) is 0 Å². The van der Waals surface area contributed by atoms with Gasteiger partial charge in [-0.2, -0.15) is 0 Å². The Morgan fingerprint density at radius 3 is 1.79 bits per heavy atom. The molecule has 0 saturated carbocycles. The van der Waals surface area contributed by atoms with E-state index in [1.54, 1.807) is 13.8 Å². The number of hydrogen-bond acceptors (Lipinski definition) is 7. The number of rotatable bonds is 10. The Hall–Kier alpha value is -2.24. The third kappa shape index (κ3) is 7.26. The molecule has 166 valence electrons. The van der Waals surface area contributed by atoms with Crippen molar-refractivity contribution in [2.75, 3.05) is 6.54 Å². The average molecular weight is 416 g/mol. The van der Waals surface area contributed by atoms with Gasteiger partial charge in [0, 0.05) is 0 Å². The van der Waals surface area contributed by atoms with E-state index in [9.17, 15) is 29.4 Å². The number of carboxylic acids is 1. The van der Waals surface area contributed by atoms with Crippen molar-refractivity contribution in [2.45, 2.75) is 76.9 Å². The minimum atomic E-state index is -1.54. The first-order valence-electron chi connectivity index (χ1n) is 9.69. The van der Waals surface area contributed by atoms with Crippen LogP contribution in [0.3, 0.4) is 0 Å². The molecule has 0 radical (unpaired) electrons. The average Bonchev–Trinajstić information content (AvgIpc) is 3.15. The van der Waals surface area contributed by atoms with Gasteiger partial charge < -0.3 is 36.6 Å². The number of carbonyl (C=O) groups excluding carboxylic acids is 3. The van der Waals surface area contributed by atoms with Gasteiger partial charge in [0.2, 0.25) is 17.7 Å². The monoisotopic (exact) mass is 416 g/mol. The lowest BCUT2D eigenvalue weighted by Crippen LogP contribution is -2.61. The van der Waals surface area contributed by atoms with E-state index in [1.807, 2.05) is 0 Å². The zero-order chi connectivity index (χ0) is 22.3. The van der Waals surface area contributed by atoms with E-state index in [1.165, 1.54) is 13.8 Å². The molecule has 1 heterocycles. The molecule has 1 saturated heterocycles. The van der Waals surface area contributed by atoms with Gasteiger partial charge in [0.05, 0.1) is 18.2 Å². The molecule has 1 rings (SSSR count). The third-order valence-corrected chi connectivity index (χ3v) is 4.73. The Balaban J connectivity index is 2.85. The Morgan fingerprint density at radius 2 is 1.38 bits per heavy atom. The number of aliphatic carboxylic acids is 1. The van der Waals surface area contributed by atoms with E-state index in [0.717, 1.165) is 6.42 Å². The molecule has 1 fully saturated rings. The maximum atomic E-state index is 12.7. The molecule has 7 N–H and O–H groups in total. The van der Waals surface area contributed by atoms with Gasteiger partial charge in [-0.1, -0.05) is 13.8 Å². The molecule has 1 aliphatic heterocycles. The molecule has 0 bridgehead atoms. The summed E-state index contributed by atoms with van der Waals surface area (Å²) in [6.45, 7) is 6.53. The van der Waals surface area contributed by atoms with Crippen LogP contribution in [-0.4, -0.2) is 81.9 Å². The predicted molar refractivity (Wildman–Crippen MR) is 103 cm³/mol. The molecular weight excluding hydrogens is 384 g/mol. The summed E-state index contributed by atoms with van der Waals surface area (Å²) in [5, 5.41) is 38.7. The first-order chi connectivity index (χ1) is 13.5. The van der Waals surface area contributed by atoms with Crippen molar-refractivity contribution in [3.05, 3.63) is 0 Å². The van der Waals surface area contributed by atoms with E-state index in [0.29, 0.717) is 13.0 Å². The quantitative estimate of drug-likeness (QED) is 0.208. The van der Waals surface area contributed by atoms with E-state index in [-0.39, 0.29) is 0 Å². The summed E-state index contributed by atoms with van der Waals surface area (Å²) in [7, 11) is 0. The van der Waals surface area contributed by atoms with Crippen LogP contribution in [0.2, 0.25) is 0 Å². The zero-order valence-corrected chi connectivity index (χ0v) is 17.1. The van der Waals surface area contributed by atoms with Crippen LogP contribution in [0, 0.1) is 5.92 Å². The van der Waals surface area contributed by atoms with Crippen LogP contribution in [-0.2, 0) is 19.2 Å². The highest BCUT2D eigenvalue weighted by Crippen LogP contribution is 2.08. The normalized spacial score (nSPS) is 21.6. The molecular formula is C18H32N4O7. The summed E-state index contributed by atoms with van der Waals surface area (Å²) in [4.78, 5) is 48.6. The number of nitrogens with one attached hydrogen (secondary N) is 4. The first kappa shape index (κ1) is 24.8. The Bertz CT molecular complexity index is 603. The van der Waals surface area contributed by atoms with E-state index < -0.39 is 66.0 Å². The maximum Gasteiger partial charge on any atom is 0.328 e. The van der Waals surface area contributed by atoms with Crippen LogP contribution < -0.4 is 21.3 Å². The SMILES string of the molecule is CC(C)C(NC(=O)C(NC(=O)C1CCCN1)C(C)O)C(=O)NC(C(=O)O)C(C)O. The van der Waals surface area contributed by atoms with Crippen LogP contribution >= 0.6 is 0 Å². The number of aliphatic hydroxyl groups is 2. The molecule has 11 heteroatoms. The predicted octanol–water partition coefficient (Wildman–Crippen LogP) is -2.30. The highest BCUT2D eigenvalue weighted by molar-refractivity contribution is 5.94. The molecule has 0 spiro atoms. The van der Waals surface area contributed by atoms with Crippen molar-refractivity contribution in [1.82, 2.24) is 21.3 Å². The van der Waals surface area contributed by atoms with Crippen molar-refractivity contribution in [2.24, 2.45) is 5.92 Å². The van der Waals surface area contributed by atoms with Gasteiger partial charge in [0.1, 0.15) is 12.1 Å². The van der Waals surface area contributed by atoms with Gasteiger partial charge in [0.15, 0.2) is 6.04 Å². The highest BCUT2D eigenvalue weighted by Gasteiger charge is 2.35. The lowest BCUT2D eigenvalue weighted by atomic mass is 10.0. The van der Waals surface area contributed by atoms with Crippen molar-refractivity contribution in [3.63, 3.8) is 0 Å². The van der Waals surface area contributed by atoms with Crippen LogP contribution in [0.4, 0.5) is 0 Å². The lowest BCUT2D eigenvalue weighted by Gasteiger charge is -2.28. The van der Waals surface area contributed by atoms with Crippen molar-refractivity contribution >= 4 is 23.7 Å². The maximum absolute atomic E-state index is 12.7. The number of carbonyl (C=O) groups is 4. The molecule has 29 heavy (non-hydrogen) atoms. The second kappa shape index (κ2) is 11.1. The minimum Gasteiger partial charge on any atom is -0.480 e. The van der Waals surface area contributed by atoms with Gasteiger partial charge in [-0.25, -0.2) is 4.79 Å². The fourth-order valence-corrected chi connectivity index (χ4v) is 2.98. The number of hydrogen-bond donors (Lipinski definition) is 7. The number of carboxylic acid groups (broad SMARTS) is 1. The molecule has 3 amide bonds. The summed E-state index contributed by atoms with van der Waals surface area (Å²) in [5.41, 5.74) is 0. The Kier molecular flexibility index (Phi) is 9.47. The zero-order valence-electron chi connectivity index (χ0n) is 17.1. The molecule has 0 aliphatic carbocycles. The van der Waals surface area contributed by atoms with Crippen LogP contribution in [0.5, 0.6) is 0 Å². The number of amides is 3. The van der Waals surface area contributed by atoms with Crippen molar-refractivity contribution < 1.29 is 34.5 Å². The molecule has 11 nitrogen and oxygen atoms in total. The van der Waals surface area contributed by atoms with Crippen LogP contribution in [0.25, 0.3) is 0 Å².